The summed E-state index contributed by atoms with van der Waals surface area (Å²) in [5, 5.41) is 9.34. The van der Waals surface area contributed by atoms with Gasteiger partial charge in [0, 0.05) is 38.6 Å². The van der Waals surface area contributed by atoms with Gasteiger partial charge in [0.1, 0.15) is 6.54 Å². The number of methoxy groups -OCH3 is 2. The van der Waals surface area contributed by atoms with Gasteiger partial charge in [-0.15, -0.1) is 0 Å². The molecule has 1 saturated heterocycles. The quantitative estimate of drug-likeness (QED) is 0.472. The maximum Gasteiger partial charge on any atom is 0.318 e. The van der Waals surface area contributed by atoms with Crippen molar-refractivity contribution in [3.8, 4) is 11.5 Å². The van der Waals surface area contributed by atoms with Gasteiger partial charge in [-0.2, -0.15) is 5.10 Å². The van der Waals surface area contributed by atoms with E-state index in [-0.39, 0.29) is 30.6 Å². The second-order valence-electron chi connectivity index (χ2n) is 10.9. The SMILES string of the molecule is COc1ccc([C@H]2CC(c3ccc(C)c(C)c3)=NN2C(=O)CN(CCN2CCOCC2)C(=O)NC(C)C)cc1OC. The zero-order valence-electron chi connectivity index (χ0n) is 25.1. The Kier molecular flexibility index (Phi) is 10.2. The van der Waals surface area contributed by atoms with Gasteiger partial charge in [0.25, 0.3) is 5.91 Å². The largest absolute Gasteiger partial charge is 0.493 e. The molecule has 1 fully saturated rings. The van der Waals surface area contributed by atoms with Gasteiger partial charge in [0.05, 0.1) is 39.2 Å². The van der Waals surface area contributed by atoms with Gasteiger partial charge in [-0.05, 0) is 68.1 Å². The highest BCUT2D eigenvalue weighted by Crippen LogP contribution is 2.37. The lowest BCUT2D eigenvalue weighted by molar-refractivity contribution is -0.133. The van der Waals surface area contributed by atoms with Gasteiger partial charge in [-0.1, -0.05) is 18.2 Å². The molecule has 0 unspecified atom stereocenters. The van der Waals surface area contributed by atoms with Crippen molar-refractivity contribution in [2.24, 2.45) is 5.10 Å². The third-order valence-corrected chi connectivity index (χ3v) is 7.61. The van der Waals surface area contributed by atoms with Crippen LogP contribution in [0.3, 0.4) is 0 Å². The Morgan fingerprint density at radius 3 is 2.44 bits per heavy atom. The fourth-order valence-corrected chi connectivity index (χ4v) is 5.07. The predicted molar refractivity (Wildman–Crippen MR) is 159 cm³/mol. The zero-order valence-corrected chi connectivity index (χ0v) is 25.1. The third kappa shape index (κ3) is 7.56. The van der Waals surface area contributed by atoms with Crippen molar-refractivity contribution in [3.05, 3.63) is 58.7 Å². The number of hydrogen-bond donors (Lipinski definition) is 1. The predicted octanol–water partition coefficient (Wildman–Crippen LogP) is 3.75. The Morgan fingerprint density at radius 1 is 1.05 bits per heavy atom. The highest BCUT2D eigenvalue weighted by atomic mass is 16.5. The van der Waals surface area contributed by atoms with Crippen LogP contribution in [-0.4, -0.2) is 98.7 Å². The van der Waals surface area contributed by atoms with Crippen molar-refractivity contribution in [2.45, 2.75) is 46.2 Å². The van der Waals surface area contributed by atoms with Crippen LogP contribution in [0, 0.1) is 13.8 Å². The van der Waals surface area contributed by atoms with Crippen LogP contribution in [0.5, 0.6) is 11.5 Å². The Labute approximate surface area is 243 Å². The molecule has 0 aliphatic carbocycles. The van der Waals surface area contributed by atoms with Gasteiger partial charge in [-0.3, -0.25) is 9.69 Å². The van der Waals surface area contributed by atoms with Crippen molar-refractivity contribution in [1.29, 1.82) is 0 Å². The molecule has 0 saturated carbocycles. The number of hydrogen-bond acceptors (Lipinski definition) is 7. The molecule has 41 heavy (non-hydrogen) atoms. The molecule has 0 bridgehead atoms. The molecule has 0 spiro atoms. The number of benzene rings is 2. The zero-order chi connectivity index (χ0) is 29.5. The van der Waals surface area contributed by atoms with E-state index in [0.29, 0.717) is 44.2 Å². The van der Waals surface area contributed by atoms with E-state index in [1.54, 1.807) is 19.1 Å². The van der Waals surface area contributed by atoms with Gasteiger partial charge in [-0.25, -0.2) is 9.80 Å². The van der Waals surface area contributed by atoms with E-state index in [4.69, 9.17) is 19.3 Å². The first-order chi connectivity index (χ1) is 19.7. The summed E-state index contributed by atoms with van der Waals surface area (Å²) in [4.78, 5) is 31.0. The van der Waals surface area contributed by atoms with Crippen LogP contribution in [0.1, 0.15) is 48.6 Å². The number of morpholine rings is 1. The first-order valence-corrected chi connectivity index (χ1v) is 14.2. The van der Waals surface area contributed by atoms with Gasteiger partial charge >= 0.3 is 6.03 Å². The molecule has 10 heteroatoms. The molecule has 0 aromatic heterocycles. The summed E-state index contributed by atoms with van der Waals surface area (Å²) in [6.45, 7) is 11.9. The lowest BCUT2D eigenvalue weighted by atomic mass is 9.96. The normalized spacial score (nSPS) is 17.4. The maximum atomic E-state index is 14.0. The van der Waals surface area contributed by atoms with E-state index >= 15 is 0 Å². The lowest BCUT2D eigenvalue weighted by Crippen LogP contribution is -2.50. The number of nitrogens with zero attached hydrogens (tertiary/aromatic N) is 4. The minimum absolute atomic E-state index is 0.0517. The molecular weight excluding hydrogens is 522 g/mol. The summed E-state index contributed by atoms with van der Waals surface area (Å²) < 4.78 is 16.4. The fourth-order valence-electron chi connectivity index (χ4n) is 5.07. The number of carbonyl (C=O) groups excluding carboxylic acids is 2. The number of carbonyl (C=O) groups is 2. The number of aryl methyl sites for hydroxylation is 2. The first kappa shape index (κ1) is 30.3. The molecule has 4 rings (SSSR count). The van der Waals surface area contributed by atoms with Crippen LogP contribution in [-0.2, 0) is 9.53 Å². The van der Waals surface area contributed by atoms with E-state index in [0.717, 1.165) is 35.5 Å². The fraction of sp³-hybridized carbons (Fsp3) is 0.516. The molecule has 222 valence electrons. The van der Waals surface area contributed by atoms with Crippen LogP contribution in [0.15, 0.2) is 41.5 Å². The first-order valence-electron chi connectivity index (χ1n) is 14.2. The second kappa shape index (κ2) is 13.8. The maximum absolute atomic E-state index is 14.0. The number of ether oxygens (including phenoxy) is 3. The summed E-state index contributed by atoms with van der Waals surface area (Å²) >= 11 is 0. The summed E-state index contributed by atoms with van der Waals surface area (Å²) in [7, 11) is 3.19. The Bertz CT molecular complexity index is 1260. The number of amides is 3. The Balaban J connectivity index is 1.62. The Morgan fingerprint density at radius 2 is 1.78 bits per heavy atom. The Hall–Kier alpha value is -3.63. The van der Waals surface area contributed by atoms with Crippen LogP contribution in [0.4, 0.5) is 4.79 Å². The lowest BCUT2D eigenvalue weighted by Gasteiger charge is -2.31. The monoisotopic (exact) mass is 565 g/mol. The van der Waals surface area contributed by atoms with Gasteiger partial charge in [0.15, 0.2) is 11.5 Å². The molecule has 2 aliphatic rings. The molecule has 2 aliphatic heterocycles. The number of rotatable bonds is 10. The second-order valence-corrected chi connectivity index (χ2v) is 10.9. The molecule has 1 N–H and O–H groups in total. The molecule has 0 radical (unpaired) electrons. The minimum atomic E-state index is -0.354. The number of urea groups is 1. The summed E-state index contributed by atoms with van der Waals surface area (Å²) in [5.41, 5.74) is 5.05. The number of nitrogens with one attached hydrogen (secondary N) is 1. The smallest absolute Gasteiger partial charge is 0.318 e. The van der Waals surface area contributed by atoms with Crippen molar-refractivity contribution in [1.82, 2.24) is 20.1 Å². The summed E-state index contributed by atoms with van der Waals surface area (Å²) in [5.74, 6) is 0.951. The molecule has 1 atom stereocenters. The highest BCUT2D eigenvalue weighted by Gasteiger charge is 2.35. The van der Waals surface area contributed by atoms with Gasteiger partial charge < -0.3 is 24.4 Å². The van der Waals surface area contributed by atoms with Crippen molar-refractivity contribution in [2.75, 3.05) is 60.2 Å². The average molecular weight is 566 g/mol. The van der Waals surface area contributed by atoms with Crippen LogP contribution in [0.2, 0.25) is 0 Å². The minimum Gasteiger partial charge on any atom is -0.493 e. The highest BCUT2D eigenvalue weighted by molar-refractivity contribution is 6.03. The van der Waals surface area contributed by atoms with E-state index in [1.165, 1.54) is 10.6 Å². The van der Waals surface area contributed by atoms with Crippen molar-refractivity contribution in [3.63, 3.8) is 0 Å². The summed E-state index contributed by atoms with van der Waals surface area (Å²) in [6.07, 6.45) is 0.537. The summed E-state index contributed by atoms with van der Waals surface area (Å²) in [6, 6.07) is 11.2. The third-order valence-electron chi connectivity index (χ3n) is 7.61. The average Bonchev–Trinajstić information content (AvgIpc) is 3.42. The van der Waals surface area contributed by atoms with E-state index < -0.39 is 0 Å². The van der Waals surface area contributed by atoms with Gasteiger partial charge in [0.2, 0.25) is 0 Å². The molecular formula is C31H43N5O5. The molecule has 2 heterocycles. The number of hydrazone groups is 1. The van der Waals surface area contributed by atoms with Crippen LogP contribution in [0.25, 0.3) is 0 Å². The van der Waals surface area contributed by atoms with Crippen LogP contribution < -0.4 is 14.8 Å². The topological polar surface area (TPSA) is 95.9 Å². The van der Waals surface area contributed by atoms with Crippen molar-refractivity contribution >= 4 is 17.6 Å². The molecule has 10 nitrogen and oxygen atoms in total. The van der Waals surface area contributed by atoms with E-state index in [1.807, 2.05) is 38.1 Å². The molecule has 2 aromatic carbocycles. The molecule has 3 amide bonds. The van der Waals surface area contributed by atoms with E-state index in [9.17, 15) is 9.59 Å². The standard InChI is InChI=1S/C31H43N5O5/c1-21(2)32-31(38)35(12-11-34-13-15-41-16-14-34)20-30(37)36-27(25-9-10-28(39-5)29(18-25)40-6)19-26(33-36)24-8-7-22(3)23(4)17-24/h7-10,17-18,21,27H,11-16,19-20H2,1-6H3,(H,32,38)/t27-/m1/s1. The van der Waals surface area contributed by atoms with Crippen molar-refractivity contribution < 1.29 is 23.8 Å². The van der Waals surface area contributed by atoms with E-state index in [2.05, 4.69) is 36.2 Å². The molecule has 2 aromatic rings. The van der Waals surface area contributed by atoms with Crippen LogP contribution >= 0.6 is 0 Å².